The molecule has 0 amide bonds. The van der Waals surface area contributed by atoms with Crippen LogP contribution in [0.5, 0.6) is 11.5 Å². The lowest BCUT2D eigenvalue weighted by Crippen LogP contribution is -2.38. The first-order valence-corrected chi connectivity index (χ1v) is 7.79. The lowest BCUT2D eigenvalue weighted by Gasteiger charge is -2.21. The third kappa shape index (κ3) is 2.58. The minimum absolute atomic E-state index is 0.342. The van der Waals surface area contributed by atoms with Crippen LogP contribution in [0.3, 0.4) is 0 Å². The smallest absolute Gasteiger partial charge is 0.162 e. The van der Waals surface area contributed by atoms with Crippen LogP contribution in [0.1, 0.15) is 19.3 Å². The number of hydrogen-bond donors (Lipinski definition) is 1. The molecule has 0 bridgehead atoms. The highest BCUT2D eigenvalue weighted by molar-refractivity contribution is 8.00. The molecule has 2 atom stereocenters. The molecular weight excluding hydrogens is 272 g/mol. The monoisotopic (exact) mass is 290 g/mol. The molecule has 0 saturated heterocycles. The van der Waals surface area contributed by atoms with Crippen molar-refractivity contribution in [2.75, 3.05) is 20.3 Å². The third-order valence-electron chi connectivity index (χ3n) is 3.98. The van der Waals surface area contributed by atoms with E-state index in [1.165, 1.54) is 4.90 Å². The number of nitrogens with one attached hydrogen (secondary N) is 1. The number of thioether (sulfide) groups is 1. The summed E-state index contributed by atoms with van der Waals surface area (Å²) in [5.41, 5.74) is -0.342. The van der Waals surface area contributed by atoms with Gasteiger partial charge in [-0.2, -0.15) is 5.26 Å². The molecule has 1 fully saturated rings. The van der Waals surface area contributed by atoms with Crippen LogP contribution >= 0.6 is 11.8 Å². The van der Waals surface area contributed by atoms with Crippen LogP contribution in [-0.4, -0.2) is 31.1 Å². The molecule has 0 spiro atoms. The van der Waals surface area contributed by atoms with Crippen molar-refractivity contribution in [3.8, 4) is 17.6 Å². The van der Waals surface area contributed by atoms with Gasteiger partial charge in [0.25, 0.3) is 0 Å². The molecule has 1 aliphatic heterocycles. The third-order valence-corrected chi connectivity index (χ3v) is 5.24. The van der Waals surface area contributed by atoms with Gasteiger partial charge in [0, 0.05) is 10.1 Å². The summed E-state index contributed by atoms with van der Waals surface area (Å²) in [6.07, 6.45) is 2.87. The lowest BCUT2D eigenvalue weighted by molar-refractivity contribution is 0.171. The summed E-state index contributed by atoms with van der Waals surface area (Å²) in [5.74, 6) is 1.66. The number of fused-ring (bicyclic) bond motifs is 1. The molecule has 20 heavy (non-hydrogen) atoms. The van der Waals surface area contributed by atoms with Crippen LogP contribution in [0.15, 0.2) is 23.1 Å². The summed E-state index contributed by atoms with van der Waals surface area (Å²) in [4.78, 5) is 1.18. The molecule has 3 rings (SSSR count). The summed E-state index contributed by atoms with van der Waals surface area (Å²) < 4.78 is 11.1. The van der Waals surface area contributed by atoms with Gasteiger partial charge in [-0.15, -0.1) is 11.8 Å². The Morgan fingerprint density at radius 1 is 1.35 bits per heavy atom. The second-order valence-corrected chi connectivity index (χ2v) is 6.61. The fourth-order valence-electron chi connectivity index (χ4n) is 2.77. The Morgan fingerprint density at radius 3 is 2.85 bits per heavy atom. The first-order valence-electron chi connectivity index (χ1n) is 6.91. The predicted octanol–water partition coefficient (Wildman–Crippen LogP) is 2.58. The van der Waals surface area contributed by atoms with Crippen molar-refractivity contribution in [1.82, 2.24) is 5.32 Å². The van der Waals surface area contributed by atoms with Gasteiger partial charge in [0.1, 0.15) is 18.8 Å². The minimum Gasteiger partial charge on any atom is -0.486 e. The first kappa shape index (κ1) is 13.6. The molecule has 1 saturated carbocycles. The molecule has 1 N–H and O–H groups in total. The zero-order valence-electron chi connectivity index (χ0n) is 11.5. The van der Waals surface area contributed by atoms with E-state index in [2.05, 4.69) is 17.5 Å². The molecule has 0 radical (unpaired) electrons. The van der Waals surface area contributed by atoms with Gasteiger partial charge in [0.05, 0.1) is 6.07 Å². The summed E-state index contributed by atoms with van der Waals surface area (Å²) in [5, 5.41) is 13.0. The van der Waals surface area contributed by atoms with Crippen molar-refractivity contribution in [3.05, 3.63) is 18.2 Å². The largest absolute Gasteiger partial charge is 0.486 e. The second-order valence-electron chi connectivity index (χ2n) is 5.23. The van der Waals surface area contributed by atoms with Crippen molar-refractivity contribution in [1.29, 1.82) is 5.26 Å². The van der Waals surface area contributed by atoms with Crippen molar-refractivity contribution in [3.63, 3.8) is 0 Å². The number of ether oxygens (including phenoxy) is 2. The summed E-state index contributed by atoms with van der Waals surface area (Å²) in [7, 11) is 1.88. The van der Waals surface area contributed by atoms with Gasteiger partial charge >= 0.3 is 0 Å². The molecule has 106 valence electrons. The Morgan fingerprint density at radius 2 is 2.15 bits per heavy atom. The SMILES string of the molecule is CNC1(C#N)CCC(Sc2ccc3c(c2)OCCO3)C1. The van der Waals surface area contributed by atoms with E-state index in [0.29, 0.717) is 18.5 Å². The highest BCUT2D eigenvalue weighted by Gasteiger charge is 2.38. The van der Waals surface area contributed by atoms with Crippen LogP contribution in [0.4, 0.5) is 0 Å². The van der Waals surface area contributed by atoms with Crippen molar-refractivity contribution >= 4 is 11.8 Å². The van der Waals surface area contributed by atoms with Crippen LogP contribution < -0.4 is 14.8 Å². The lowest BCUT2D eigenvalue weighted by atomic mass is 10.0. The van der Waals surface area contributed by atoms with Crippen LogP contribution in [0.25, 0.3) is 0 Å². The normalized spacial score (nSPS) is 28.1. The van der Waals surface area contributed by atoms with Crippen molar-refractivity contribution in [2.24, 2.45) is 0 Å². The number of nitrogens with zero attached hydrogens (tertiary/aromatic N) is 1. The number of nitriles is 1. The maximum Gasteiger partial charge on any atom is 0.162 e. The zero-order valence-corrected chi connectivity index (χ0v) is 12.3. The van der Waals surface area contributed by atoms with Crippen LogP contribution in [0.2, 0.25) is 0 Å². The molecule has 1 aromatic carbocycles. The summed E-state index contributed by atoms with van der Waals surface area (Å²) in [6, 6.07) is 8.52. The molecule has 2 aliphatic rings. The molecule has 1 heterocycles. The van der Waals surface area contributed by atoms with E-state index in [0.717, 1.165) is 30.8 Å². The second kappa shape index (κ2) is 5.55. The average Bonchev–Trinajstić information content (AvgIpc) is 2.91. The number of rotatable bonds is 3. The fraction of sp³-hybridized carbons (Fsp3) is 0.533. The van der Waals surface area contributed by atoms with E-state index < -0.39 is 0 Å². The van der Waals surface area contributed by atoms with Gasteiger partial charge in [-0.3, -0.25) is 0 Å². The molecule has 1 aromatic rings. The van der Waals surface area contributed by atoms with E-state index in [1.807, 2.05) is 30.9 Å². The van der Waals surface area contributed by atoms with E-state index in [4.69, 9.17) is 9.47 Å². The number of hydrogen-bond acceptors (Lipinski definition) is 5. The predicted molar refractivity (Wildman–Crippen MR) is 78.3 cm³/mol. The van der Waals surface area contributed by atoms with E-state index in [9.17, 15) is 5.26 Å². The van der Waals surface area contributed by atoms with Gasteiger partial charge in [-0.25, -0.2) is 0 Å². The standard InChI is InChI=1S/C15H18N2O2S/c1-17-15(10-16)5-4-12(9-15)20-11-2-3-13-14(8-11)19-7-6-18-13/h2-3,8,12,17H,4-7,9H2,1H3. The molecule has 5 heteroatoms. The van der Waals surface area contributed by atoms with Gasteiger partial charge in [0.2, 0.25) is 0 Å². The van der Waals surface area contributed by atoms with E-state index >= 15 is 0 Å². The van der Waals surface area contributed by atoms with Gasteiger partial charge in [0.15, 0.2) is 11.5 Å². The molecule has 1 aliphatic carbocycles. The summed E-state index contributed by atoms with van der Waals surface area (Å²) >= 11 is 1.83. The van der Waals surface area contributed by atoms with E-state index in [-0.39, 0.29) is 5.54 Å². The fourth-order valence-corrected chi connectivity index (χ4v) is 4.08. The Bertz CT molecular complexity index is 543. The quantitative estimate of drug-likeness (QED) is 0.927. The Kier molecular flexibility index (Phi) is 3.77. The van der Waals surface area contributed by atoms with E-state index in [1.54, 1.807) is 0 Å². The summed E-state index contributed by atoms with van der Waals surface area (Å²) in [6.45, 7) is 1.23. The minimum atomic E-state index is -0.342. The van der Waals surface area contributed by atoms with Crippen LogP contribution in [-0.2, 0) is 0 Å². The molecular formula is C15H18N2O2S. The van der Waals surface area contributed by atoms with Crippen LogP contribution in [0, 0.1) is 11.3 Å². The average molecular weight is 290 g/mol. The molecule has 4 nitrogen and oxygen atoms in total. The topological polar surface area (TPSA) is 54.3 Å². The zero-order chi connectivity index (χ0) is 14.0. The van der Waals surface area contributed by atoms with Crippen molar-refractivity contribution in [2.45, 2.75) is 34.9 Å². The maximum atomic E-state index is 9.30. The van der Waals surface area contributed by atoms with Crippen molar-refractivity contribution < 1.29 is 9.47 Å². The van der Waals surface area contributed by atoms with Gasteiger partial charge in [-0.05, 0) is 44.5 Å². The molecule has 2 unspecified atom stereocenters. The highest BCUT2D eigenvalue weighted by atomic mass is 32.2. The highest BCUT2D eigenvalue weighted by Crippen LogP contribution is 2.42. The Hall–Kier alpha value is -1.38. The Labute approximate surface area is 123 Å². The first-order chi connectivity index (χ1) is 9.74. The Balaban J connectivity index is 1.69. The maximum absolute atomic E-state index is 9.30. The van der Waals surface area contributed by atoms with Gasteiger partial charge < -0.3 is 14.8 Å². The van der Waals surface area contributed by atoms with Gasteiger partial charge in [-0.1, -0.05) is 0 Å². The molecule has 0 aromatic heterocycles. The number of benzene rings is 1.